The Labute approximate surface area is 174 Å². The van der Waals surface area contributed by atoms with Crippen molar-refractivity contribution in [1.29, 1.82) is 0 Å². The molecule has 0 bridgehead atoms. The fourth-order valence-electron chi connectivity index (χ4n) is 2.99. The van der Waals surface area contributed by atoms with Crippen molar-refractivity contribution in [3.8, 4) is 11.5 Å². The maximum atomic E-state index is 5.94. The van der Waals surface area contributed by atoms with Gasteiger partial charge in [0.25, 0.3) is 0 Å². The van der Waals surface area contributed by atoms with Gasteiger partial charge in [-0.25, -0.2) is 0 Å². The first-order chi connectivity index (χ1) is 13.6. The third kappa shape index (κ3) is 4.51. The number of anilines is 1. The molecule has 144 valence electrons. The van der Waals surface area contributed by atoms with Crippen LogP contribution in [0.5, 0.6) is 0 Å². The molecule has 1 aromatic heterocycles. The first kappa shape index (κ1) is 18.9. The monoisotopic (exact) mass is 412 g/mol. The fourth-order valence-corrected chi connectivity index (χ4v) is 3.45. The van der Waals surface area contributed by atoms with Gasteiger partial charge in [-0.15, -0.1) is 10.2 Å². The van der Waals surface area contributed by atoms with Gasteiger partial charge in [-0.2, -0.15) is 0 Å². The molecule has 0 spiro atoms. The average Bonchev–Trinajstić information content (AvgIpc) is 3.44. The Morgan fingerprint density at radius 2 is 2.00 bits per heavy atom. The first-order valence-corrected chi connectivity index (χ1v) is 10.2. The second-order valence-electron chi connectivity index (χ2n) is 6.85. The van der Waals surface area contributed by atoms with Gasteiger partial charge in [0.1, 0.15) is 0 Å². The van der Waals surface area contributed by atoms with Crippen LogP contribution in [-0.4, -0.2) is 26.3 Å². The SMILES string of the molecule is CCc1cccc(NC(=S)N(Cc2nnc(-c3ccc(Cl)cc3)o2)C2CC2)c1. The molecule has 1 saturated carbocycles. The summed E-state index contributed by atoms with van der Waals surface area (Å²) in [5, 5.41) is 13.1. The maximum absolute atomic E-state index is 5.94. The molecule has 0 unspecified atom stereocenters. The van der Waals surface area contributed by atoms with Crippen molar-refractivity contribution < 1.29 is 4.42 Å². The Morgan fingerprint density at radius 1 is 1.21 bits per heavy atom. The second-order valence-corrected chi connectivity index (χ2v) is 7.67. The molecule has 7 heteroatoms. The van der Waals surface area contributed by atoms with Crippen molar-refractivity contribution in [2.75, 3.05) is 5.32 Å². The van der Waals surface area contributed by atoms with Gasteiger partial charge < -0.3 is 14.6 Å². The number of aryl methyl sites for hydroxylation is 1. The maximum Gasteiger partial charge on any atom is 0.247 e. The predicted molar refractivity (Wildman–Crippen MR) is 115 cm³/mol. The van der Waals surface area contributed by atoms with Crippen LogP contribution in [0, 0.1) is 0 Å². The molecular formula is C21H21ClN4OS. The molecule has 0 saturated heterocycles. The van der Waals surface area contributed by atoms with Crippen molar-refractivity contribution in [2.45, 2.75) is 38.8 Å². The molecule has 0 radical (unpaired) electrons. The van der Waals surface area contributed by atoms with Crippen LogP contribution in [0.1, 0.15) is 31.2 Å². The summed E-state index contributed by atoms with van der Waals surface area (Å²) >= 11 is 11.6. The van der Waals surface area contributed by atoms with Crippen molar-refractivity contribution in [1.82, 2.24) is 15.1 Å². The summed E-state index contributed by atoms with van der Waals surface area (Å²) in [4.78, 5) is 2.13. The van der Waals surface area contributed by atoms with Gasteiger partial charge in [0, 0.05) is 22.3 Å². The Kier molecular flexibility index (Phi) is 5.59. The molecule has 5 nitrogen and oxygen atoms in total. The van der Waals surface area contributed by atoms with Crippen LogP contribution in [-0.2, 0) is 13.0 Å². The highest BCUT2D eigenvalue weighted by Gasteiger charge is 2.32. The van der Waals surface area contributed by atoms with Gasteiger partial charge in [-0.3, -0.25) is 0 Å². The second kappa shape index (κ2) is 8.29. The summed E-state index contributed by atoms with van der Waals surface area (Å²) in [6.45, 7) is 2.63. The number of hydrogen-bond donors (Lipinski definition) is 1. The van der Waals surface area contributed by atoms with Crippen molar-refractivity contribution in [3.63, 3.8) is 0 Å². The topological polar surface area (TPSA) is 54.2 Å². The third-order valence-electron chi connectivity index (χ3n) is 4.70. The zero-order valence-corrected chi connectivity index (χ0v) is 17.1. The molecule has 4 rings (SSSR count). The lowest BCUT2D eigenvalue weighted by Gasteiger charge is -2.24. The number of benzene rings is 2. The molecular weight excluding hydrogens is 392 g/mol. The van der Waals surface area contributed by atoms with E-state index in [1.54, 1.807) is 12.1 Å². The van der Waals surface area contributed by atoms with Crippen LogP contribution in [0.3, 0.4) is 0 Å². The van der Waals surface area contributed by atoms with E-state index in [9.17, 15) is 0 Å². The lowest BCUT2D eigenvalue weighted by molar-refractivity contribution is 0.351. The third-order valence-corrected chi connectivity index (χ3v) is 5.29. The summed E-state index contributed by atoms with van der Waals surface area (Å²) in [6.07, 6.45) is 3.23. The minimum atomic E-state index is 0.417. The van der Waals surface area contributed by atoms with Gasteiger partial charge in [-0.1, -0.05) is 30.7 Å². The normalized spacial score (nSPS) is 13.4. The van der Waals surface area contributed by atoms with Crippen LogP contribution in [0.15, 0.2) is 52.9 Å². The number of hydrogen-bond acceptors (Lipinski definition) is 4. The number of nitrogens with one attached hydrogen (secondary N) is 1. The number of thiocarbonyl (C=S) groups is 1. The van der Waals surface area contributed by atoms with Crippen LogP contribution in [0.25, 0.3) is 11.5 Å². The molecule has 1 heterocycles. The van der Waals surface area contributed by atoms with Crippen molar-refractivity contribution >= 4 is 34.6 Å². The van der Waals surface area contributed by atoms with E-state index in [0.29, 0.717) is 34.5 Å². The number of halogens is 1. The summed E-state index contributed by atoms with van der Waals surface area (Å²) in [6, 6.07) is 16.1. The highest BCUT2D eigenvalue weighted by atomic mass is 35.5. The molecule has 1 N–H and O–H groups in total. The molecule has 28 heavy (non-hydrogen) atoms. The fraction of sp³-hybridized carbons (Fsp3) is 0.286. The number of nitrogens with zero attached hydrogens (tertiary/aromatic N) is 3. The Balaban J connectivity index is 1.46. The predicted octanol–water partition coefficient (Wildman–Crippen LogP) is 5.31. The van der Waals surface area contributed by atoms with E-state index < -0.39 is 0 Å². The lowest BCUT2D eigenvalue weighted by atomic mass is 10.1. The molecule has 1 fully saturated rings. The Morgan fingerprint density at radius 3 is 2.71 bits per heavy atom. The standard InChI is InChI=1S/C21H21ClN4OS/c1-2-14-4-3-5-17(12-14)23-21(28)26(18-10-11-18)13-19-24-25-20(27-19)15-6-8-16(22)9-7-15/h3-9,12,18H,2,10-11,13H2,1H3,(H,23,28). The summed E-state index contributed by atoms with van der Waals surface area (Å²) in [5.74, 6) is 1.03. The summed E-state index contributed by atoms with van der Waals surface area (Å²) < 4.78 is 5.86. The van der Waals surface area contributed by atoms with Crippen LogP contribution in [0.2, 0.25) is 5.02 Å². The van der Waals surface area contributed by atoms with E-state index in [1.807, 2.05) is 24.3 Å². The van der Waals surface area contributed by atoms with E-state index >= 15 is 0 Å². The summed E-state index contributed by atoms with van der Waals surface area (Å²) in [7, 11) is 0. The van der Waals surface area contributed by atoms with Crippen molar-refractivity contribution in [2.24, 2.45) is 0 Å². The van der Waals surface area contributed by atoms with Gasteiger partial charge in [0.15, 0.2) is 5.11 Å². The van der Waals surface area contributed by atoms with E-state index in [-0.39, 0.29) is 0 Å². The van der Waals surface area contributed by atoms with Crippen LogP contribution < -0.4 is 5.32 Å². The quantitative estimate of drug-likeness (QED) is 0.553. The Bertz CT molecular complexity index is 969. The zero-order chi connectivity index (χ0) is 19.5. The van der Waals surface area contributed by atoms with Gasteiger partial charge >= 0.3 is 0 Å². The summed E-state index contributed by atoms with van der Waals surface area (Å²) in [5.41, 5.74) is 3.12. The van der Waals surface area contributed by atoms with Gasteiger partial charge in [0.05, 0.1) is 6.54 Å². The molecule has 0 atom stereocenters. The average molecular weight is 413 g/mol. The smallest absolute Gasteiger partial charge is 0.247 e. The molecule has 0 aliphatic heterocycles. The zero-order valence-electron chi connectivity index (χ0n) is 15.6. The minimum absolute atomic E-state index is 0.417. The van der Waals surface area contributed by atoms with Crippen LogP contribution in [0.4, 0.5) is 5.69 Å². The molecule has 1 aliphatic carbocycles. The highest BCUT2D eigenvalue weighted by Crippen LogP contribution is 2.30. The van der Waals surface area contributed by atoms with E-state index in [4.69, 9.17) is 28.2 Å². The van der Waals surface area contributed by atoms with Gasteiger partial charge in [0.2, 0.25) is 11.8 Å². The van der Waals surface area contributed by atoms with E-state index in [0.717, 1.165) is 30.5 Å². The van der Waals surface area contributed by atoms with Gasteiger partial charge in [-0.05, 0) is 73.4 Å². The van der Waals surface area contributed by atoms with Crippen LogP contribution >= 0.6 is 23.8 Å². The largest absolute Gasteiger partial charge is 0.419 e. The molecule has 2 aromatic carbocycles. The molecule has 1 aliphatic rings. The lowest BCUT2D eigenvalue weighted by Crippen LogP contribution is -2.36. The Hall–Kier alpha value is -2.44. The number of rotatable bonds is 6. The molecule has 3 aromatic rings. The first-order valence-electron chi connectivity index (χ1n) is 9.37. The van der Waals surface area contributed by atoms with E-state index in [1.165, 1.54) is 5.56 Å². The highest BCUT2D eigenvalue weighted by molar-refractivity contribution is 7.80. The minimum Gasteiger partial charge on any atom is -0.419 e. The number of aromatic nitrogens is 2. The van der Waals surface area contributed by atoms with E-state index in [2.05, 4.69) is 39.5 Å². The molecule has 0 amide bonds. The van der Waals surface area contributed by atoms with Crippen molar-refractivity contribution in [3.05, 3.63) is 65.0 Å².